The van der Waals surface area contributed by atoms with Gasteiger partial charge in [0.25, 0.3) is 5.91 Å². The lowest BCUT2D eigenvalue weighted by Crippen LogP contribution is -2.18. The zero-order valence-electron chi connectivity index (χ0n) is 21.4. The maximum absolute atomic E-state index is 12.8. The smallest absolute Gasteiger partial charge is 0.335 e. The van der Waals surface area contributed by atoms with Gasteiger partial charge >= 0.3 is 5.97 Å². The molecule has 0 aliphatic carbocycles. The molecule has 8 nitrogen and oxygen atoms in total. The third-order valence-electron chi connectivity index (χ3n) is 5.63. The summed E-state index contributed by atoms with van der Waals surface area (Å²) in [4.78, 5) is 23.8. The first-order chi connectivity index (χ1) is 19.0. The summed E-state index contributed by atoms with van der Waals surface area (Å²) in [5.41, 5.74) is 5.63. The fourth-order valence-corrected chi connectivity index (χ4v) is 3.62. The highest BCUT2D eigenvalue weighted by atomic mass is 16.5. The molecule has 198 valence electrons. The van der Waals surface area contributed by atoms with E-state index in [1.807, 2.05) is 55.5 Å². The molecule has 0 fully saturated rings. The number of carboxylic acids is 1. The summed E-state index contributed by atoms with van der Waals surface area (Å²) < 4.78 is 17.5. The molecule has 0 bridgehead atoms. The van der Waals surface area contributed by atoms with Crippen LogP contribution in [0, 0.1) is 0 Å². The highest BCUT2D eigenvalue weighted by Crippen LogP contribution is 2.29. The van der Waals surface area contributed by atoms with Crippen molar-refractivity contribution in [1.82, 2.24) is 5.43 Å². The number of benzene rings is 4. The van der Waals surface area contributed by atoms with E-state index in [0.29, 0.717) is 41.6 Å². The molecule has 0 spiro atoms. The van der Waals surface area contributed by atoms with Crippen molar-refractivity contribution in [3.8, 4) is 17.2 Å². The standard InChI is InChI=1S/C31H28N2O6/c1-2-37-29-18-25(16-17-28(29)39-20-22-8-4-3-5-9-22)30(34)33-32-19-26-10-6-7-11-27(26)38-21-23-12-14-24(15-13-23)31(35)36/h3-19H,2,20-21H2,1H3,(H,33,34)(H,35,36)/b32-19+. The number of para-hydroxylation sites is 1. The number of ether oxygens (including phenoxy) is 3. The van der Waals surface area contributed by atoms with Gasteiger partial charge in [0.2, 0.25) is 0 Å². The average Bonchev–Trinajstić information content (AvgIpc) is 2.97. The predicted molar refractivity (Wildman–Crippen MR) is 148 cm³/mol. The molecular formula is C31H28N2O6. The van der Waals surface area contributed by atoms with Crippen LogP contribution < -0.4 is 19.6 Å². The minimum atomic E-state index is -0.979. The Bertz CT molecular complexity index is 1440. The third-order valence-corrected chi connectivity index (χ3v) is 5.63. The average molecular weight is 525 g/mol. The van der Waals surface area contributed by atoms with Gasteiger partial charge in [0.1, 0.15) is 19.0 Å². The first kappa shape index (κ1) is 26.9. The first-order valence-corrected chi connectivity index (χ1v) is 12.3. The van der Waals surface area contributed by atoms with Crippen molar-refractivity contribution in [3.63, 3.8) is 0 Å². The Hall–Kier alpha value is -5.11. The van der Waals surface area contributed by atoms with Crippen LogP contribution in [0.4, 0.5) is 0 Å². The van der Waals surface area contributed by atoms with Gasteiger partial charge in [0.05, 0.1) is 18.4 Å². The molecule has 4 aromatic rings. The van der Waals surface area contributed by atoms with Crippen molar-refractivity contribution in [3.05, 3.63) is 125 Å². The number of carboxylic acid groups (broad SMARTS) is 1. The van der Waals surface area contributed by atoms with E-state index in [4.69, 9.17) is 19.3 Å². The van der Waals surface area contributed by atoms with Gasteiger partial charge < -0.3 is 19.3 Å². The molecule has 39 heavy (non-hydrogen) atoms. The van der Waals surface area contributed by atoms with E-state index in [1.54, 1.807) is 36.4 Å². The van der Waals surface area contributed by atoms with Gasteiger partial charge in [-0.05, 0) is 60.5 Å². The van der Waals surface area contributed by atoms with Gasteiger partial charge in [-0.15, -0.1) is 0 Å². The van der Waals surface area contributed by atoms with Crippen molar-refractivity contribution < 1.29 is 28.9 Å². The molecular weight excluding hydrogens is 496 g/mol. The summed E-state index contributed by atoms with van der Waals surface area (Å²) in [7, 11) is 0. The highest BCUT2D eigenvalue weighted by Gasteiger charge is 2.12. The summed E-state index contributed by atoms with van der Waals surface area (Å²) >= 11 is 0. The minimum Gasteiger partial charge on any atom is -0.490 e. The van der Waals surface area contributed by atoms with Crippen molar-refractivity contribution in [1.29, 1.82) is 0 Å². The number of nitrogens with one attached hydrogen (secondary N) is 1. The molecule has 4 rings (SSSR count). The first-order valence-electron chi connectivity index (χ1n) is 12.3. The number of carbonyl (C=O) groups is 2. The SMILES string of the molecule is CCOc1cc(C(=O)N/N=C/c2ccccc2OCc2ccc(C(=O)O)cc2)ccc1OCc1ccccc1. The molecule has 0 heterocycles. The fraction of sp³-hybridized carbons (Fsp3) is 0.129. The van der Waals surface area contributed by atoms with Crippen LogP contribution in [0.5, 0.6) is 17.2 Å². The Labute approximate surface area is 226 Å². The minimum absolute atomic E-state index is 0.213. The number of carbonyl (C=O) groups excluding carboxylic acids is 1. The Balaban J connectivity index is 1.37. The van der Waals surface area contributed by atoms with Crippen molar-refractivity contribution in [2.24, 2.45) is 5.10 Å². The maximum Gasteiger partial charge on any atom is 0.335 e. The summed E-state index contributed by atoms with van der Waals surface area (Å²) in [5.74, 6) is 0.201. The number of nitrogens with zero attached hydrogens (tertiary/aromatic N) is 1. The number of rotatable bonds is 12. The topological polar surface area (TPSA) is 106 Å². The summed E-state index contributed by atoms with van der Waals surface area (Å²) in [6.45, 7) is 2.91. The molecule has 0 unspecified atom stereocenters. The molecule has 1 amide bonds. The monoisotopic (exact) mass is 524 g/mol. The van der Waals surface area contributed by atoms with E-state index in [-0.39, 0.29) is 12.2 Å². The zero-order chi connectivity index (χ0) is 27.5. The van der Waals surface area contributed by atoms with Crippen LogP contribution in [0.3, 0.4) is 0 Å². The largest absolute Gasteiger partial charge is 0.490 e. The molecule has 0 radical (unpaired) electrons. The van der Waals surface area contributed by atoms with E-state index in [2.05, 4.69) is 10.5 Å². The van der Waals surface area contributed by atoms with Crippen LogP contribution >= 0.6 is 0 Å². The second kappa shape index (κ2) is 13.4. The Morgan fingerprint density at radius 2 is 1.38 bits per heavy atom. The van der Waals surface area contributed by atoms with E-state index in [0.717, 1.165) is 11.1 Å². The van der Waals surface area contributed by atoms with E-state index >= 15 is 0 Å². The number of aromatic carboxylic acids is 1. The predicted octanol–water partition coefficient (Wildman–Crippen LogP) is 5.71. The Morgan fingerprint density at radius 3 is 2.10 bits per heavy atom. The fourth-order valence-electron chi connectivity index (χ4n) is 3.62. The molecule has 0 aliphatic rings. The van der Waals surface area contributed by atoms with Crippen LogP contribution in [0.1, 0.15) is 44.3 Å². The number of amides is 1. The molecule has 0 saturated heterocycles. The molecule has 0 aliphatic heterocycles. The van der Waals surface area contributed by atoms with Gasteiger partial charge in [-0.1, -0.05) is 54.6 Å². The van der Waals surface area contributed by atoms with Crippen LogP contribution in [0.2, 0.25) is 0 Å². The van der Waals surface area contributed by atoms with Gasteiger partial charge in [0, 0.05) is 11.1 Å². The van der Waals surface area contributed by atoms with Crippen LogP contribution in [-0.4, -0.2) is 29.8 Å². The zero-order valence-corrected chi connectivity index (χ0v) is 21.4. The maximum atomic E-state index is 12.8. The van der Waals surface area contributed by atoms with Gasteiger partial charge in [-0.2, -0.15) is 5.10 Å². The molecule has 4 aromatic carbocycles. The summed E-state index contributed by atoms with van der Waals surface area (Å²) in [6.07, 6.45) is 1.50. The molecule has 2 N–H and O–H groups in total. The van der Waals surface area contributed by atoms with E-state index in [1.165, 1.54) is 18.3 Å². The Morgan fingerprint density at radius 1 is 0.744 bits per heavy atom. The normalized spacial score (nSPS) is 10.7. The van der Waals surface area contributed by atoms with Gasteiger partial charge in [0.15, 0.2) is 11.5 Å². The summed E-state index contributed by atoms with van der Waals surface area (Å²) in [6, 6.07) is 28.5. The second-order valence-electron chi connectivity index (χ2n) is 8.40. The van der Waals surface area contributed by atoms with Crippen LogP contribution in [0.25, 0.3) is 0 Å². The van der Waals surface area contributed by atoms with Gasteiger partial charge in [-0.25, -0.2) is 10.2 Å². The molecule has 8 heteroatoms. The van der Waals surface area contributed by atoms with E-state index < -0.39 is 11.9 Å². The lowest BCUT2D eigenvalue weighted by atomic mass is 10.1. The van der Waals surface area contributed by atoms with Crippen molar-refractivity contribution >= 4 is 18.1 Å². The van der Waals surface area contributed by atoms with Crippen LogP contribution in [0.15, 0.2) is 102 Å². The quantitative estimate of drug-likeness (QED) is 0.182. The molecule has 0 saturated carbocycles. The Kier molecular flexibility index (Phi) is 9.28. The summed E-state index contributed by atoms with van der Waals surface area (Å²) in [5, 5.41) is 13.1. The molecule has 0 atom stereocenters. The number of hydrogen-bond donors (Lipinski definition) is 2. The van der Waals surface area contributed by atoms with Gasteiger partial charge in [-0.3, -0.25) is 4.79 Å². The number of hydrazone groups is 1. The molecule has 0 aromatic heterocycles. The highest BCUT2D eigenvalue weighted by molar-refractivity contribution is 5.95. The lowest BCUT2D eigenvalue weighted by molar-refractivity contribution is 0.0696. The van der Waals surface area contributed by atoms with Crippen molar-refractivity contribution in [2.45, 2.75) is 20.1 Å². The lowest BCUT2D eigenvalue weighted by Gasteiger charge is -2.13. The van der Waals surface area contributed by atoms with Crippen molar-refractivity contribution in [2.75, 3.05) is 6.61 Å². The van der Waals surface area contributed by atoms with Crippen LogP contribution in [-0.2, 0) is 13.2 Å². The second-order valence-corrected chi connectivity index (χ2v) is 8.40. The van der Waals surface area contributed by atoms with E-state index in [9.17, 15) is 9.59 Å². The third kappa shape index (κ3) is 7.69. The number of hydrogen-bond acceptors (Lipinski definition) is 6.